The summed E-state index contributed by atoms with van der Waals surface area (Å²) in [5, 5.41) is 54.2. The van der Waals surface area contributed by atoms with Gasteiger partial charge in [0.1, 0.15) is 42.3 Å². The van der Waals surface area contributed by atoms with Gasteiger partial charge in [-0.3, -0.25) is 28.8 Å². The SMILES string of the molecule is C[C@@H](O)[C@H](NC(=O)[C@H](CCCCN)NC(=O)[C@H](CO)NC(=O)[C@H](CCCCN)NC(=O)[C@H](CCCCN)NC(=O)[C@@H](N)CO)C(=O)N[C@@H](Cc1ccccc1)C(=O)O. The van der Waals surface area contributed by atoms with Gasteiger partial charge in [-0.25, -0.2) is 4.79 Å². The third-order valence-corrected chi connectivity index (χ3v) is 9.05. The second kappa shape index (κ2) is 28.6. The number of amides is 6. The minimum absolute atomic E-state index is 0.0181. The standard InChI is InChI=1S/C37H64N10O11/c1-22(50)30(36(56)45-28(37(57)58)19-23-11-3-2-4-12-23)47-34(54)27(15-7-10-18-40)44-35(55)29(21-49)46-33(53)26(14-6-9-17-39)43-32(52)25(13-5-8-16-38)42-31(51)24(41)20-48/h2-4,11-12,22,24-30,48-50H,5-10,13-21,38-41H2,1H3,(H,42,51)(H,43,52)(H,44,55)(H,45,56)(H,46,53)(H,47,54)(H,57,58)/t22-,24+,25+,26+,27+,28+,29+,30+/m1/s1. The highest BCUT2D eigenvalue weighted by Gasteiger charge is 2.34. The number of carbonyl (C=O) groups is 7. The number of carboxylic acids is 1. The fourth-order valence-corrected chi connectivity index (χ4v) is 5.63. The molecule has 0 radical (unpaired) electrons. The molecule has 21 nitrogen and oxygen atoms in total. The molecule has 0 spiro atoms. The Morgan fingerprint density at radius 3 is 1.34 bits per heavy atom. The summed E-state index contributed by atoms with van der Waals surface area (Å²) < 4.78 is 0. The van der Waals surface area contributed by atoms with Crippen LogP contribution in [0, 0.1) is 0 Å². The maximum Gasteiger partial charge on any atom is 0.326 e. The van der Waals surface area contributed by atoms with Crippen LogP contribution in [0.5, 0.6) is 0 Å². The van der Waals surface area contributed by atoms with E-state index < -0.39 is 103 Å². The fraction of sp³-hybridized carbons (Fsp3) is 0.649. The summed E-state index contributed by atoms with van der Waals surface area (Å²) in [6.07, 6.45) is 1.11. The Morgan fingerprint density at radius 1 is 0.552 bits per heavy atom. The van der Waals surface area contributed by atoms with Crippen molar-refractivity contribution in [2.45, 2.75) is 120 Å². The number of rotatable bonds is 30. The van der Waals surface area contributed by atoms with Crippen molar-refractivity contribution in [1.82, 2.24) is 31.9 Å². The van der Waals surface area contributed by atoms with Crippen LogP contribution in [0.2, 0.25) is 0 Å². The summed E-state index contributed by atoms with van der Waals surface area (Å²) in [5.41, 5.74) is 23.0. The number of hydrogen-bond acceptors (Lipinski definition) is 14. The summed E-state index contributed by atoms with van der Waals surface area (Å²) in [7, 11) is 0. The van der Waals surface area contributed by atoms with Crippen molar-refractivity contribution >= 4 is 41.4 Å². The number of carbonyl (C=O) groups excluding carboxylic acids is 6. The molecule has 0 aliphatic heterocycles. The number of aliphatic carboxylic acids is 1. The number of aliphatic hydroxyl groups excluding tert-OH is 3. The van der Waals surface area contributed by atoms with Crippen LogP contribution in [0.1, 0.15) is 70.3 Å². The molecule has 0 saturated heterocycles. The third kappa shape index (κ3) is 19.1. The van der Waals surface area contributed by atoms with Gasteiger partial charge in [0.15, 0.2) is 0 Å². The van der Waals surface area contributed by atoms with Crippen molar-refractivity contribution in [1.29, 1.82) is 0 Å². The van der Waals surface area contributed by atoms with Gasteiger partial charge < -0.3 is 75.3 Å². The van der Waals surface area contributed by atoms with Gasteiger partial charge in [-0.2, -0.15) is 0 Å². The Labute approximate surface area is 338 Å². The van der Waals surface area contributed by atoms with E-state index in [9.17, 15) is 54.0 Å². The molecule has 0 saturated carbocycles. The molecule has 21 heteroatoms. The molecule has 0 fully saturated rings. The zero-order valence-electron chi connectivity index (χ0n) is 33.1. The van der Waals surface area contributed by atoms with Crippen LogP contribution in [-0.4, -0.2) is 143 Å². The first kappa shape index (κ1) is 51.2. The maximum atomic E-state index is 13.6. The number of aliphatic hydroxyl groups is 3. The minimum atomic E-state index is -1.64. The lowest BCUT2D eigenvalue weighted by Gasteiger charge is -2.28. The Hall–Kier alpha value is -4.77. The van der Waals surface area contributed by atoms with E-state index >= 15 is 0 Å². The molecule has 58 heavy (non-hydrogen) atoms. The maximum absolute atomic E-state index is 13.6. The molecule has 1 aromatic carbocycles. The van der Waals surface area contributed by atoms with Gasteiger partial charge in [-0.05, 0) is 89.9 Å². The Bertz CT molecular complexity index is 1440. The molecule has 0 aliphatic rings. The van der Waals surface area contributed by atoms with E-state index in [4.69, 9.17) is 22.9 Å². The predicted octanol–water partition coefficient (Wildman–Crippen LogP) is -4.70. The van der Waals surface area contributed by atoms with E-state index in [1.807, 2.05) is 0 Å². The monoisotopic (exact) mass is 824 g/mol. The molecule has 0 aliphatic carbocycles. The van der Waals surface area contributed by atoms with E-state index in [1.165, 1.54) is 6.92 Å². The number of nitrogens with one attached hydrogen (secondary N) is 6. The normalized spacial score (nSPS) is 15.2. The second-order valence-corrected chi connectivity index (χ2v) is 13.9. The number of benzene rings is 1. The fourth-order valence-electron chi connectivity index (χ4n) is 5.63. The zero-order valence-corrected chi connectivity index (χ0v) is 33.1. The Balaban J connectivity index is 3.21. The average molecular weight is 825 g/mol. The number of nitrogens with two attached hydrogens (primary N) is 4. The number of carboxylic acid groups (broad SMARTS) is 1. The summed E-state index contributed by atoms with van der Waals surface area (Å²) >= 11 is 0. The lowest BCUT2D eigenvalue weighted by molar-refractivity contribution is -0.143. The van der Waals surface area contributed by atoms with Crippen molar-refractivity contribution in [3.8, 4) is 0 Å². The number of unbranched alkanes of at least 4 members (excludes halogenated alkanes) is 3. The van der Waals surface area contributed by atoms with Crippen LogP contribution in [0.25, 0.3) is 0 Å². The topological polar surface area (TPSA) is 377 Å². The molecule has 1 rings (SSSR count). The summed E-state index contributed by atoms with van der Waals surface area (Å²) in [5.74, 6) is -6.72. The van der Waals surface area contributed by atoms with Gasteiger partial charge in [-0.1, -0.05) is 30.3 Å². The summed E-state index contributed by atoms with van der Waals surface area (Å²) in [6, 6.07) is -1.31. The molecule has 328 valence electrons. The van der Waals surface area contributed by atoms with E-state index in [-0.39, 0.29) is 38.8 Å². The lowest BCUT2D eigenvalue weighted by Crippen LogP contribution is -2.61. The molecular formula is C37H64N10O11. The summed E-state index contributed by atoms with van der Waals surface area (Å²) in [6.45, 7) is 0.441. The van der Waals surface area contributed by atoms with Gasteiger partial charge >= 0.3 is 5.97 Å². The highest BCUT2D eigenvalue weighted by molar-refractivity contribution is 5.97. The van der Waals surface area contributed by atoms with Crippen molar-refractivity contribution < 1.29 is 54.0 Å². The second-order valence-electron chi connectivity index (χ2n) is 13.9. The molecular weight excluding hydrogens is 760 g/mol. The predicted molar refractivity (Wildman–Crippen MR) is 212 cm³/mol. The Kier molecular flexibility index (Phi) is 25.3. The molecule has 0 bridgehead atoms. The van der Waals surface area contributed by atoms with Crippen LogP contribution >= 0.6 is 0 Å². The van der Waals surface area contributed by atoms with Crippen LogP contribution in [0.3, 0.4) is 0 Å². The van der Waals surface area contributed by atoms with Gasteiger partial charge in [0, 0.05) is 6.42 Å². The van der Waals surface area contributed by atoms with E-state index in [2.05, 4.69) is 31.9 Å². The van der Waals surface area contributed by atoms with E-state index in [1.54, 1.807) is 30.3 Å². The van der Waals surface area contributed by atoms with E-state index in [0.29, 0.717) is 50.6 Å². The highest BCUT2D eigenvalue weighted by atomic mass is 16.4. The smallest absolute Gasteiger partial charge is 0.326 e. The minimum Gasteiger partial charge on any atom is -0.480 e. The van der Waals surface area contributed by atoms with Crippen LogP contribution in [0.4, 0.5) is 0 Å². The van der Waals surface area contributed by atoms with Crippen molar-refractivity contribution in [3.05, 3.63) is 35.9 Å². The highest BCUT2D eigenvalue weighted by Crippen LogP contribution is 2.09. The van der Waals surface area contributed by atoms with Crippen molar-refractivity contribution in [2.75, 3.05) is 32.8 Å². The van der Waals surface area contributed by atoms with Gasteiger partial charge in [0.05, 0.1) is 19.3 Å². The number of hydrogen-bond donors (Lipinski definition) is 14. The van der Waals surface area contributed by atoms with Crippen LogP contribution in [0.15, 0.2) is 30.3 Å². The molecule has 0 heterocycles. The van der Waals surface area contributed by atoms with Gasteiger partial charge in [0.25, 0.3) is 0 Å². The lowest BCUT2D eigenvalue weighted by atomic mass is 10.0. The first-order chi connectivity index (χ1) is 27.6. The molecule has 8 atom stereocenters. The summed E-state index contributed by atoms with van der Waals surface area (Å²) in [4.78, 5) is 91.7. The molecule has 18 N–H and O–H groups in total. The first-order valence-electron chi connectivity index (χ1n) is 19.5. The zero-order chi connectivity index (χ0) is 43.6. The van der Waals surface area contributed by atoms with Crippen molar-refractivity contribution in [2.24, 2.45) is 22.9 Å². The van der Waals surface area contributed by atoms with Crippen LogP contribution < -0.4 is 54.8 Å². The van der Waals surface area contributed by atoms with E-state index in [0.717, 1.165) is 0 Å². The first-order valence-corrected chi connectivity index (χ1v) is 19.5. The molecule has 0 unspecified atom stereocenters. The molecule has 1 aromatic rings. The van der Waals surface area contributed by atoms with Gasteiger partial charge in [-0.15, -0.1) is 0 Å². The molecule has 6 amide bonds. The quantitative estimate of drug-likeness (QED) is 0.0324. The largest absolute Gasteiger partial charge is 0.480 e. The molecule has 0 aromatic heterocycles. The van der Waals surface area contributed by atoms with Crippen LogP contribution in [-0.2, 0) is 40.0 Å². The van der Waals surface area contributed by atoms with Gasteiger partial charge in [0.2, 0.25) is 35.4 Å². The van der Waals surface area contributed by atoms with Crippen molar-refractivity contribution in [3.63, 3.8) is 0 Å². The third-order valence-electron chi connectivity index (χ3n) is 9.05. The Morgan fingerprint density at radius 2 is 0.948 bits per heavy atom. The average Bonchev–Trinajstić information content (AvgIpc) is 3.19.